The van der Waals surface area contributed by atoms with Crippen LogP contribution in [0.2, 0.25) is 0 Å². The summed E-state index contributed by atoms with van der Waals surface area (Å²) in [7, 11) is 0. The highest BCUT2D eigenvalue weighted by molar-refractivity contribution is 5.77. The maximum atomic E-state index is 13.3. The van der Waals surface area contributed by atoms with E-state index in [1.165, 1.54) is 10.8 Å². The Hall–Kier alpha value is -4.40. The zero-order chi connectivity index (χ0) is 23.7. The first-order chi connectivity index (χ1) is 16.5. The molecule has 5 aromatic rings. The molecule has 0 atom stereocenters. The van der Waals surface area contributed by atoms with Crippen LogP contribution in [0.1, 0.15) is 25.5 Å². The highest BCUT2D eigenvalue weighted by atomic mass is 16.5. The Kier molecular flexibility index (Phi) is 5.59. The van der Waals surface area contributed by atoms with E-state index >= 15 is 0 Å². The van der Waals surface area contributed by atoms with Crippen molar-refractivity contribution >= 4 is 10.9 Å². The topological polar surface area (TPSA) is 105 Å². The lowest BCUT2D eigenvalue weighted by Gasteiger charge is -2.12. The van der Waals surface area contributed by atoms with Crippen molar-refractivity contribution in [3.8, 4) is 17.1 Å². The summed E-state index contributed by atoms with van der Waals surface area (Å²) in [5.41, 5.74) is 0.368. The molecule has 9 heteroatoms. The van der Waals surface area contributed by atoms with E-state index in [0.717, 1.165) is 15.9 Å². The van der Waals surface area contributed by atoms with E-state index in [4.69, 9.17) is 13.7 Å². The Labute approximate surface area is 193 Å². The maximum Gasteiger partial charge on any atom is 0.332 e. The molecule has 0 saturated heterocycles. The summed E-state index contributed by atoms with van der Waals surface area (Å²) >= 11 is 0. The zero-order valence-electron chi connectivity index (χ0n) is 18.7. The van der Waals surface area contributed by atoms with Gasteiger partial charge >= 0.3 is 5.69 Å². The van der Waals surface area contributed by atoms with Crippen molar-refractivity contribution in [2.75, 3.05) is 0 Å². The second-order valence-corrected chi connectivity index (χ2v) is 8.06. The molecule has 0 unspecified atom stereocenters. The number of ether oxygens (including phenoxy) is 1. The summed E-state index contributed by atoms with van der Waals surface area (Å²) in [6.07, 6.45) is 1.58. The number of fused-ring (bicyclic) bond motifs is 1. The van der Waals surface area contributed by atoms with Gasteiger partial charge in [-0.3, -0.25) is 13.9 Å². The van der Waals surface area contributed by atoms with Crippen LogP contribution >= 0.6 is 0 Å². The molecule has 3 heterocycles. The van der Waals surface area contributed by atoms with Crippen molar-refractivity contribution in [2.45, 2.75) is 33.0 Å². The quantitative estimate of drug-likeness (QED) is 0.366. The Morgan fingerprint density at radius 2 is 1.74 bits per heavy atom. The molecule has 0 aliphatic carbocycles. The molecule has 0 N–H and O–H groups in total. The Morgan fingerprint density at radius 1 is 0.941 bits per heavy atom. The lowest BCUT2D eigenvalue weighted by atomic mass is 10.2. The number of para-hydroxylation sites is 1. The van der Waals surface area contributed by atoms with Crippen molar-refractivity contribution in [1.29, 1.82) is 0 Å². The number of nitrogens with zero attached hydrogens (tertiary/aromatic N) is 4. The number of aromatic nitrogens is 4. The van der Waals surface area contributed by atoms with E-state index < -0.39 is 5.69 Å². The highest BCUT2D eigenvalue weighted by Gasteiger charge is 2.17. The molecular weight excluding hydrogens is 436 g/mol. The summed E-state index contributed by atoms with van der Waals surface area (Å²) in [6.45, 7) is 3.96. The molecule has 0 aliphatic heterocycles. The standard InChI is InChI=1S/C25H22N4O5/c1-16(2)33-18-11-9-17(10-12-18)23-26-22(34-27-23)15-28-21-8-4-3-7-20(21)24(30)29(25(28)31)14-19-6-5-13-32-19/h3-13,16H,14-15H2,1-2H3. The molecule has 0 spiro atoms. The van der Waals surface area contributed by atoms with Gasteiger partial charge in [0.25, 0.3) is 5.56 Å². The minimum Gasteiger partial charge on any atom is -0.491 e. The molecule has 0 amide bonds. The van der Waals surface area contributed by atoms with Crippen molar-refractivity contribution in [2.24, 2.45) is 0 Å². The molecule has 0 saturated carbocycles. The zero-order valence-corrected chi connectivity index (χ0v) is 18.7. The van der Waals surface area contributed by atoms with Crippen molar-refractivity contribution in [1.82, 2.24) is 19.3 Å². The molecule has 5 rings (SSSR count). The third-order valence-corrected chi connectivity index (χ3v) is 5.27. The van der Waals surface area contributed by atoms with Crippen molar-refractivity contribution in [3.63, 3.8) is 0 Å². The fourth-order valence-electron chi connectivity index (χ4n) is 3.75. The Bertz CT molecular complexity index is 1540. The molecule has 0 aliphatic rings. The predicted molar refractivity (Wildman–Crippen MR) is 125 cm³/mol. The normalized spacial score (nSPS) is 11.4. The van der Waals surface area contributed by atoms with Crippen LogP contribution in [0, 0.1) is 0 Å². The second-order valence-electron chi connectivity index (χ2n) is 8.06. The SMILES string of the molecule is CC(C)Oc1ccc(-c2noc(Cn3c(=O)n(Cc4ccco4)c(=O)c4ccccc43)n2)cc1. The smallest absolute Gasteiger partial charge is 0.332 e. The summed E-state index contributed by atoms with van der Waals surface area (Å²) in [5, 5.41) is 4.47. The molecule has 2 aromatic carbocycles. The van der Waals surface area contributed by atoms with Gasteiger partial charge < -0.3 is 13.7 Å². The van der Waals surface area contributed by atoms with E-state index in [0.29, 0.717) is 22.5 Å². The van der Waals surface area contributed by atoms with E-state index in [-0.39, 0.29) is 30.6 Å². The van der Waals surface area contributed by atoms with Gasteiger partial charge in [0.1, 0.15) is 18.1 Å². The van der Waals surface area contributed by atoms with Crippen LogP contribution in [0.4, 0.5) is 0 Å². The van der Waals surface area contributed by atoms with Gasteiger partial charge in [-0.2, -0.15) is 4.98 Å². The van der Waals surface area contributed by atoms with E-state index in [2.05, 4.69) is 10.1 Å². The Balaban J connectivity index is 1.50. The molecule has 0 bridgehead atoms. The maximum absolute atomic E-state index is 13.3. The summed E-state index contributed by atoms with van der Waals surface area (Å²) < 4.78 is 19.0. The van der Waals surface area contributed by atoms with Gasteiger partial charge in [0.05, 0.1) is 29.8 Å². The van der Waals surface area contributed by atoms with Gasteiger partial charge in [0.2, 0.25) is 11.7 Å². The molecule has 34 heavy (non-hydrogen) atoms. The number of furan rings is 1. The van der Waals surface area contributed by atoms with Crippen LogP contribution < -0.4 is 16.0 Å². The lowest BCUT2D eigenvalue weighted by Crippen LogP contribution is -2.40. The molecule has 3 aromatic heterocycles. The monoisotopic (exact) mass is 458 g/mol. The molecular formula is C25H22N4O5. The third kappa shape index (κ3) is 4.15. The summed E-state index contributed by atoms with van der Waals surface area (Å²) in [4.78, 5) is 30.8. The van der Waals surface area contributed by atoms with E-state index in [1.54, 1.807) is 36.4 Å². The van der Waals surface area contributed by atoms with Crippen molar-refractivity contribution in [3.05, 3.63) is 99.4 Å². The average molecular weight is 458 g/mol. The molecule has 0 radical (unpaired) electrons. The molecule has 9 nitrogen and oxygen atoms in total. The minimum absolute atomic E-state index is 0.0132. The van der Waals surface area contributed by atoms with Gasteiger partial charge in [-0.15, -0.1) is 0 Å². The van der Waals surface area contributed by atoms with Crippen LogP contribution in [0.25, 0.3) is 22.3 Å². The summed E-state index contributed by atoms with van der Waals surface area (Å²) in [5.74, 6) is 1.89. The fraction of sp³-hybridized carbons (Fsp3) is 0.200. The summed E-state index contributed by atoms with van der Waals surface area (Å²) in [6, 6.07) is 17.7. The first-order valence-electron chi connectivity index (χ1n) is 10.8. The van der Waals surface area contributed by atoms with Crippen molar-refractivity contribution < 1.29 is 13.7 Å². The van der Waals surface area contributed by atoms with Crippen LogP contribution in [-0.2, 0) is 13.1 Å². The largest absolute Gasteiger partial charge is 0.491 e. The van der Waals surface area contributed by atoms with Gasteiger partial charge in [-0.25, -0.2) is 4.79 Å². The van der Waals surface area contributed by atoms with Gasteiger partial charge in [0, 0.05) is 5.56 Å². The van der Waals surface area contributed by atoms with Gasteiger partial charge in [-0.1, -0.05) is 17.3 Å². The lowest BCUT2D eigenvalue weighted by molar-refractivity contribution is 0.242. The first kappa shape index (κ1) is 21.4. The van der Waals surface area contributed by atoms with Gasteiger partial charge in [-0.05, 0) is 62.4 Å². The van der Waals surface area contributed by atoms with Crippen LogP contribution in [0.3, 0.4) is 0 Å². The highest BCUT2D eigenvalue weighted by Crippen LogP contribution is 2.21. The fourth-order valence-corrected chi connectivity index (χ4v) is 3.75. The number of rotatable bonds is 7. The number of hydrogen-bond acceptors (Lipinski definition) is 7. The molecule has 172 valence electrons. The number of hydrogen-bond donors (Lipinski definition) is 0. The third-order valence-electron chi connectivity index (χ3n) is 5.27. The van der Waals surface area contributed by atoms with Crippen LogP contribution in [0.5, 0.6) is 5.75 Å². The van der Waals surface area contributed by atoms with Gasteiger partial charge in [0.15, 0.2) is 0 Å². The Morgan fingerprint density at radius 3 is 2.47 bits per heavy atom. The van der Waals surface area contributed by atoms with Crippen LogP contribution in [0.15, 0.2) is 85.5 Å². The van der Waals surface area contributed by atoms with Crippen LogP contribution in [-0.4, -0.2) is 25.4 Å². The number of benzene rings is 2. The predicted octanol–water partition coefficient (Wildman–Crippen LogP) is 3.69. The molecule has 0 fully saturated rings. The first-order valence-corrected chi connectivity index (χ1v) is 10.8. The minimum atomic E-state index is -0.491. The second kappa shape index (κ2) is 8.86. The average Bonchev–Trinajstić information content (AvgIpc) is 3.52. The van der Waals surface area contributed by atoms with E-state index in [1.807, 2.05) is 38.1 Å². The van der Waals surface area contributed by atoms with E-state index in [9.17, 15) is 9.59 Å².